The number of nitrogens with zero attached hydrogens (tertiary/aromatic N) is 2. The fourth-order valence-corrected chi connectivity index (χ4v) is 3.39. The van der Waals surface area contributed by atoms with Gasteiger partial charge in [0.05, 0.1) is 9.92 Å². The average Bonchev–Trinajstić information content (AvgIpc) is 2.51. The zero-order chi connectivity index (χ0) is 18.1. The molecule has 1 N–H and O–H groups in total. The largest absolute Gasteiger partial charge is 0.307 e. The van der Waals surface area contributed by atoms with Gasteiger partial charge in [-0.25, -0.2) is 17.7 Å². The summed E-state index contributed by atoms with van der Waals surface area (Å²) in [6, 6.07) is 6.20. The number of pyridine rings is 1. The number of benzene rings is 1. The van der Waals surface area contributed by atoms with Gasteiger partial charge in [0.15, 0.2) is 0 Å². The summed E-state index contributed by atoms with van der Waals surface area (Å²) in [5.74, 6) is -0.109. The lowest BCUT2D eigenvalue weighted by Gasteiger charge is -2.16. The Bertz CT molecular complexity index is 878. The van der Waals surface area contributed by atoms with Gasteiger partial charge in [0.2, 0.25) is 10.0 Å². The molecule has 1 heterocycles. The van der Waals surface area contributed by atoms with Crippen molar-refractivity contribution in [1.29, 1.82) is 0 Å². The summed E-state index contributed by atoms with van der Waals surface area (Å²) in [4.78, 5) is 16.5. The number of hydrogen-bond donors (Lipinski definition) is 1. The smallest absolute Gasteiger partial charge is 0.256 e. The molecule has 0 spiro atoms. The van der Waals surface area contributed by atoms with Crippen LogP contribution in [0.2, 0.25) is 5.02 Å². The highest BCUT2D eigenvalue weighted by molar-refractivity contribution is 7.89. The van der Waals surface area contributed by atoms with Crippen LogP contribution in [0.4, 0.5) is 5.82 Å². The van der Waals surface area contributed by atoms with E-state index >= 15 is 0 Å². The van der Waals surface area contributed by atoms with Crippen molar-refractivity contribution >= 4 is 33.3 Å². The number of rotatable bonds is 4. The summed E-state index contributed by atoms with van der Waals surface area (Å²) in [5.41, 5.74) is 1.58. The minimum absolute atomic E-state index is 0.113. The van der Waals surface area contributed by atoms with E-state index in [0.29, 0.717) is 22.0 Å². The van der Waals surface area contributed by atoms with Gasteiger partial charge in [0.1, 0.15) is 5.82 Å². The molecule has 0 atom stereocenters. The van der Waals surface area contributed by atoms with E-state index in [-0.39, 0.29) is 10.5 Å². The van der Waals surface area contributed by atoms with Gasteiger partial charge < -0.3 is 5.32 Å². The number of nitrogens with one attached hydrogen (secondary N) is 1. The second-order valence-electron chi connectivity index (χ2n) is 5.52. The van der Waals surface area contributed by atoms with Gasteiger partial charge in [-0.05, 0) is 49.2 Å². The number of aromatic nitrogens is 1. The highest BCUT2D eigenvalue weighted by Gasteiger charge is 2.23. The molecular weight excluding hydrogens is 350 g/mol. The molecule has 0 aliphatic rings. The van der Waals surface area contributed by atoms with Crippen LogP contribution in [0, 0.1) is 13.8 Å². The van der Waals surface area contributed by atoms with Crippen molar-refractivity contribution in [2.75, 3.05) is 19.4 Å². The fraction of sp³-hybridized carbons (Fsp3) is 0.250. The predicted molar refractivity (Wildman–Crippen MR) is 94.0 cm³/mol. The highest BCUT2D eigenvalue weighted by atomic mass is 35.5. The topological polar surface area (TPSA) is 79.4 Å². The molecule has 128 valence electrons. The minimum Gasteiger partial charge on any atom is -0.307 e. The van der Waals surface area contributed by atoms with E-state index < -0.39 is 15.9 Å². The maximum Gasteiger partial charge on any atom is 0.256 e. The summed E-state index contributed by atoms with van der Waals surface area (Å²) in [7, 11) is -0.739. The van der Waals surface area contributed by atoms with Gasteiger partial charge in [-0.3, -0.25) is 4.79 Å². The Kier molecular flexibility index (Phi) is 5.27. The third kappa shape index (κ3) is 3.75. The van der Waals surface area contributed by atoms with Gasteiger partial charge in [0.25, 0.3) is 5.91 Å². The van der Waals surface area contributed by atoms with Crippen molar-refractivity contribution in [2.45, 2.75) is 18.7 Å². The Labute approximate surface area is 146 Å². The van der Waals surface area contributed by atoms with Crippen LogP contribution < -0.4 is 5.32 Å². The van der Waals surface area contributed by atoms with E-state index in [4.69, 9.17) is 11.6 Å². The molecule has 1 aromatic carbocycles. The Morgan fingerprint density at radius 2 is 1.88 bits per heavy atom. The van der Waals surface area contributed by atoms with Crippen LogP contribution in [-0.4, -0.2) is 37.7 Å². The molecule has 0 aliphatic heterocycles. The van der Waals surface area contributed by atoms with E-state index in [1.54, 1.807) is 32.0 Å². The molecule has 0 fully saturated rings. The molecular formula is C16H18ClN3O3S. The fourth-order valence-electron chi connectivity index (χ4n) is 2.06. The van der Waals surface area contributed by atoms with Crippen LogP contribution in [0.25, 0.3) is 0 Å². The van der Waals surface area contributed by atoms with Crippen molar-refractivity contribution in [3.05, 3.63) is 52.2 Å². The molecule has 2 rings (SSSR count). The lowest BCUT2D eigenvalue weighted by atomic mass is 10.1. The van der Waals surface area contributed by atoms with Crippen LogP contribution in [0.5, 0.6) is 0 Å². The van der Waals surface area contributed by atoms with Crippen LogP contribution >= 0.6 is 11.6 Å². The van der Waals surface area contributed by atoms with Crippen LogP contribution in [-0.2, 0) is 10.0 Å². The molecule has 24 heavy (non-hydrogen) atoms. The molecule has 0 aliphatic carbocycles. The summed E-state index contributed by atoms with van der Waals surface area (Å²) in [6.07, 6.45) is 1.42. The first-order valence-electron chi connectivity index (χ1n) is 7.09. The highest BCUT2D eigenvalue weighted by Crippen LogP contribution is 2.24. The second kappa shape index (κ2) is 6.88. The quantitative estimate of drug-likeness (QED) is 0.901. The number of aryl methyl sites for hydroxylation is 1. The first-order valence-corrected chi connectivity index (χ1v) is 8.91. The first kappa shape index (κ1) is 18.4. The standard InChI is InChI=1S/C16H18ClN3O3S/c1-10-7-12(8-14(11(10)2)24(22,23)20(3)4)16(21)19-15-6-5-13(17)9-18-15/h5-9H,1-4H3,(H,18,19,21). The Balaban J connectivity index is 2.42. The normalized spacial score (nSPS) is 11.6. The van der Waals surface area contributed by atoms with E-state index in [9.17, 15) is 13.2 Å². The summed E-state index contributed by atoms with van der Waals surface area (Å²) in [5, 5.41) is 3.08. The summed E-state index contributed by atoms with van der Waals surface area (Å²) < 4.78 is 26.0. The minimum atomic E-state index is -3.64. The number of anilines is 1. The van der Waals surface area contributed by atoms with Crippen LogP contribution in [0.3, 0.4) is 0 Å². The van der Waals surface area contributed by atoms with E-state index in [1.807, 2.05) is 0 Å². The van der Waals surface area contributed by atoms with Crippen molar-refractivity contribution in [3.63, 3.8) is 0 Å². The van der Waals surface area contributed by atoms with Gasteiger partial charge in [-0.2, -0.15) is 0 Å². The number of carbonyl (C=O) groups excluding carboxylic acids is 1. The number of carbonyl (C=O) groups is 1. The van der Waals surface area contributed by atoms with Crippen molar-refractivity contribution in [1.82, 2.24) is 9.29 Å². The zero-order valence-corrected chi connectivity index (χ0v) is 15.4. The van der Waals surface area contributed by atoms with Crippen LogP contribution in [0.15, 0.2) is 35.4 Å². The molecule has 1 aromatic heterocycles. The lowest BCUT2D eigenvalue weighted by molar-refractivity contribution is 0.102. The van der Waals surface area contributed by atoms with E-state index in [2.05, 4.69) is 10.3 Å². The zero-order valence-electron chi connectivity index (χ0n) is 13.8. The molecule has 6 nitrogen and oxygen atoms in total. The van der Waals surface area contributed by atoms with Gasteiger partial charge in [-0.1, -0.05) is 11.6 Å². The van der Waals surface area contributed by atoms with Crippen molar-refractivity contribution in [2.24, 2.45) is 0 Å². The van der Waals surface area contributed by atoms with Gasteiger partial charge in [0, 0.05) is 25.9 Å². The van der Waals surface area contributed by atoms with Crippen LogP contribution in [0.1, 0.15) is 21.5 Å². The molecule has 2 aromatic rings. The number of amides is 1. The maximum absolute atomic E-state index is 12.4. The SMILES string of the molecule is Cc1cc(C(=O)Nc2ccc(Cl)cn2)cc(S(=O)(=O)N(C)C)c1C. The molecule has 0 saturated carbocycles. The maximum atomic E-state index is 12.4. The number of halogens is 1. The third-order valence-electron chi connectivity index (χ3n) is 3.61. The van der Waals surface area contributed by atoms with Gasteiger partial charge in [-0.15, -0.1) is 0 Å². The number of sulfonamides is 1. The molecule has 0 unspecified atom stereocenters. The lowest BCUT2D eigenvalue weighted by Crippen LogP contribution is -2.24. The molecule has 0 saturated heterocycles. The van der Waals surface area contributed by atoms with Gasteiger partial charge >= 0.3 is 0 Å². The molecule has 1 amide bonds. The summed E-state index contributed by atoms with van der Waals surface area (Å²) >= 11 is 5.76. The molecule has 8 heteroatoms. The monoisotopic (exact) mass is 367 g/mol. The average molecular weight is 368 g/mol. The van der Waals surface area contributed by atoms with E-state index in [0.717, 1.165) is 4.31 Å². The van der Waals surface area contributed by atoms with Crippen molar-refractivity contribution < 1.29 is 13.2 Å². The summed E-state index contributed by atoms with van der Waals surface area (Å²) in [6.45, 7) is 3.48. The predicted octanol–water partition coefficient (Wildman–Crippen LogP) is 2.85. The van der Waals surface area contributed by atoms with Crippen molar-refractivity contribution in [3.8, 4) is 0 Å². The second-order valence-corrected chi connectivity index (χ2v) is 8.08. The first-order chi connectivity index (χ1) is 11.1. The molecule has 0 bridgehead atoms. The van der Waals surface area contributed by atoms with E-state index in [1.165, 1.54) is 26.4 Å². The Hall–Kier alpha value is -1.96. The Morgan fingerprint density at radius 3 is 2.42 bits per heavy atom. The molecule has 0 radical (unpaired) electrons. The third-order valence-corrected chi connectivity index (χ3v) is 5.77. The number of hydrogen-bond acceptors (Lipinski definition) is 4. The Morgan fingerprint density at radius 1 is 1.21 bits per heavy atom.